The van der Waals surface area contributed by atoms with E-state index in [1.54, 1.807) is 0 Å². The molecular formula is C21H28N4O2. The minimum absolute atomic E-state index is 0.175. The molecule has 6 heteroatoms. The largest absolute Gasteiger partial charge is 0.423 e. The third kappa shape index (κ3) is 3.68. The number of para-hydroxylation sites is 2. The highest BCUT2D eigenvalue weighted by molar-refractivity contribution is 5.79. The number of likely N-dealkylation sites (tertiary alicyclic amines) is 1. The van der Waals surface area contributed by atoms with Gasteiger partial charge in [-0.1, -0.05) is 12.1 Å². The first-order chi connectivity index (χ1) is 13.3. The molecule has 1 atom stereocenters. The number of carbonyl (C=O) groups is 1. The molecule has 3 fully saturated rings. The van der Waals surface area contributed by atoms with E-state index in [1.165, 1.54) is 0 Å². The van der Waals surface area contributed by atoms with Gasteiger partial charge in [-0.2, -0.15) is 4.98 Å². The maximum atomic E-state index is 12.4. The Morgan fingerprint density at radius 3 is 2.67 bits per heavy atom. The van der Waals surface area contributed by atoms with Crippen LogP contribution in [0.3, 0.4) is 0 Å². The molecule has 3 aliphatic rings. The Labute approximate surface area is 159 Å². The molecule has 1 N–H and O–H groups in total. The normalized spacial score (nSPS) is 25.0. The lowest BCUT2D eigenvalue weighted by Crippen LogP contribution is -2.51. The Morgan fingerprint density at radius 2 is 1.89 bits per heavy atom. The van der Waals surface area contributed by atoms with Crippen LogP contribution in [-0.2, 0) is 4.79 Å². The molecule has 0 unspecified atom stereocenters. The van der Waals surface area contributed by atoms with Crippen molar-refractivity contribution in [2.45, 2.75) is 50.6 Å². The number of fused-ring (bicyclic) bond motifs is 1. The molecule has 2 aromatic rings. The summed E-state index contributed by atoms with van der Waals surface area (Å²) in [6, 6.07) is 9.72. The highest BCUT2D eigenvalue weighted by Crippen LogP contribution is 2.28. The maximum Gasteiger partial charge on any atom is 0.298 e. The average molecular weight is 368 g/mol. The first-order valence-electron chi connectivity index (χ1n) is 10.4. The van der Waals surface area contributed by atoms with Crippen LogP contribution in [0.1, 0.15) is 38.5 Å². The van der Waals surface area contributed by atoms with Crippen molar-refractivity contribution in [3.05, 3.63) is 24.3 Å². The summed E-state index contributed by atoms with van der Waals surface area (Å²) in [7, 11) is 0. The lowest BCUT2D eigenvalue weighted by atomic mass is 9.93. The summed E-state index contributed by atoms with van der Waals surface area (Å²) in [5, 5.41) is 3.19. The number of rotatable bonds is 4. The number of benzene rings is 1. The van der Waals surface area contributed by atoms with Gasteiger partial charge in [0.25, 0.3) is 6.01 Å². The van der Waals surface area contributed by atoms with Crippen molar-refractivity contribution >= 4 is 23.0 Å². The van der Waals surface area contributed by atoms with Crippen LogP contribution in [0, 0.1) is 5.92 Å². The minimum atomic E-state index is 0.175. The van der Waals surface area contributed by atoms with Crippen molar-refractivity contribution < 1.29 is 9.21 Å². The SMILES string of the molecule is O=C(NC1CC1)[C@H]1CCCN(C2CCN(c3nc4ccccc4o3)CC2)C1. The fourth-order valence-corrected chi connectivity index (χ4v) is 4.52. The van der Waals surface area contributed by atoms with Gasteiger partial charge in [-0.25, -0.2) is 0 Å². The van der Waals surface area contributed by atoms with E-state index in [2.05, 4.69) is 20.1 Å². The molecule has 6 nitrogen and oxygen atoms in total. The lowest BCUT2D eigenvalue weighted by molar-refractivity contribution is -0.127. The number of amides is 1. The van der Waals surface area contributed by atoms with E-state index in [-0.39, 0.29) is 11.8 Å². The van der Waals surface area contributed by atoms with Gasteiger partial charge in [-0.15, -0.1) is 0 Å². The Morgan fingerprint density at radius 1 is 1.07 bits per heavy atom. The van der Waals surface area contributed by atoms with Crippen LogP contribution in [0.25, 0.3) is 11.1 Å². The molecule has 1 aromatic heterocycles. The number of piperidine rings is 2. The van der Waals surface area contributed by atoms with Crippen molar-refractivity contribution in [1.82, 2.24) is 15.2 Å². The van der Waals surface area contributed by atoms with Crippen molar-refractivity contribution in [2.75, 3.05) is 31.1 Å². The summed E-state index contributed by atoms with van der Waals surface area (Å²) in [4.78, 5) is 21.9. The zero-order chi connectivity index (χ0) is 18.2. The van der Waals surface area contributed by atoms with Crippen molar-refractivity contribution in [3.8, 4) is 0 Å². The van der Waals surface area contributed by atoms with E-state index in [4.69, 9.17) is 4.42 Å². The number of hydrogen-bond donors (Lipinski definition) is 1. The van der Waals surface area contributed by atoms with Gasteiger partial charge in [-0.05, 0) is 57.2 Å². The smallest absolute Gasteiger partial charge is 0.298 e. The zero-order valence-corrected chi connectivity index (χ0v) is 15.8. The first-order valence-corrected chi connectivity index (χ1v) is 10.4. The Hall–Kier alpha value is -2.08. The van der Waals surface area contributed by atoms with Gasteiger partial charge in [0.2, 0.25) is 5.91 Å². The predicted molar refractivity (Wildman–Crippen MR) is 105 cm³/mol. The Bertz CT molecular complexity index is 774. The standard InChI is InChI=1S/C21H28N4O2/c26-20(22-16-7-8-16)15-4-3-11-25(14-15)17-9-12-24(13-10-17)21-23-18-5-1-2-6-19(18)27-21/h1-2,5-6,15-17H,3-4,7-14H2,(H,22,26)/t15-/m0/s1. The number of nitrogens with one attached hydrogen (secondary N) is 1. The number of hydrogen-bond acceptors (Lipinski definition) is 5. The van der Waals surface area contributed by atoms with Crippen molar-refractivity contribution in [2.24, 2.45) is 5.92 Å². The molecule has 0 radical (unpaired) electrons. The van der Waals surface area contributed by atoms with Gasteiger partial charge in [-0.3, -0.25) is 9.69 Å². The quantitative estimate of drug-likeness (QED) is 0.899. The molecule has 27 heavy (non-hydrogen) atoms. The molecule has 1 aromatic carbocycles. The van der Waals surface area contributed by atoms with Crippen LogP contribution in [0.5, 0.6) is 0 Å². The van der Waals surface area contributed by atoms with Gasteiger partial charge in [0.15, 0.2) is 5.58 Å². The number of oxazole rings is 1. The fourth-order valence-electron chi connectivity index (χ4n) is 4.52. The Kier molecular flexibility index (Phi) is 4.52. The molecule has 1 amide bonds. The van der Waals surface area contributed by atoms with Gasteiger partial charge in [0, 0.05) is 31.7 Å². The van der Waals surface area contributed by atoms with E-state index < -0.39 is 0 Å². The molecule has 0 spiro atoms. The third-order valence-electron chi connectivity index (χ3n) is 6.28. The van der Waals surface area contributed by atoms with Crippen LogP contribution in [0.2, 0.25) is 0 Å². The second kappa shape index (κ2) is 7.15. The topological polar surface area (TPSA) is 61.6 Å². The molecule has 1 saturated carbocycles. The van der Waals surface area contributed by atoms with E-state index >= 15 is 0 Å². The Balaban J connectivity index is 1.18. The van der Waals surface area contributed by atoms with Crippen LogP contribution >= 0.6 is 0 Å². The van der Waals surface area contributed by atoms with Crippen molar-refractivity contribution in [1.29, 1.82) is 0 Å². The molecule has 0 bridgehead atoms. The van der Waals surface area contributed by atoms with Crippen LogP contribution in [0.4, 0.5) is 6.01 Å². The van der Waals surface area contributed by atoms with Gasteiger partial charge >= 0.3 is 0 Å². The monoisotopic (exact) mass is 368 g/mol. The van der Waals surface area contributed by atoms with E-state index in [1.807, 2.05) is 24.3 Å². The second-order valence-electron chi connectivity index (χ2n) is 8.30. The number of nitrogens with zero attached hydrogens (tertiary/aromatic N) is 3. The molecule has 2 aliphatic heterocycles. The van der Waals surface area contributed by atoms with Gasteiger partial charge in [0.1, 0.15) is 5.52 Å². The summed E-state index contributed by atoms with van der Waals surface area (Å²) >= 11 is 0. The summed E-state index contributed by atoms with van der Waals surface area (Å²) in [5.74, 6) is 0.459. The summed E-state index contributed by atoms with van der Waals surface area (Å²) in [6.07, 6.45) is 6.71. The van der Waals surface area contributed by atoms with Crippen LogP contribution in [-0.4, -0.2) is 54.1 Å². The highest BCUT2D eigenvalue weighted by Gasteiger charge is 2.34. The maximum absolute atomic E-state index is 12.4. The minimum Gasteiger partial charge on any atom is -0.423 e. The summed E-state index contributed by atoms with van der Waals surface area (Å²) in [6.45, 7) is 3.98. The fraction of sp³-hybridized carbons (Fsp3) is 0.619. The van der Waals surface area contributed by atoms with Gasteiger partial charge < -0.3 is 14.6 Å². The third-order valence-corrected chi connectivity index (χ3v) is 6.28. The number of carbonyl (C=O) groups excluding carboxylic acids is 1. The molecule has 3 heterocycles. The van der Waals surface area contributed by atoms with E-state index in [0.29, 0.717) is 12.1 Å². The molecule has 2 saturated heterocycles. The second-order valence-corrected chi connectivity index (χ2v) is 8.30. The van der Waals surface area contributed by atoms with Crippen LogP contribution in [0.15, 0.2) is 28.7 Å². The number of anilines is 1. The lowest BCUT2D eigenvalue weighted by Gasteiger charge is -2.41. The molecule has 144 valence electrons. The average Bonchev–Trinajstić information content (AvgIpc) is 3.42. The summed E-state index contributed by atoms with van der Waals surface area (Å²) in [5.41, 5.74) is 1.78. The van der Waals surface area contributed by atoms with Crippen LogP contribution < -0.4 is 10.2 Å². The van der Waals surface area contributed by atoms with Crippen molar-refractivity contribution in [3.63, 3.8) is 0 Å². The predicted octanol–water partition coefficient (Wildman–Crippen LogP) is 2.79. The summed E-state index contributed by atoms with van der Waals surface area (Å²) < 4.78 is 5.93. The van der Waals surface area contributed by atoms with E-state index in [0.717, 1.165) is 81.8 Å². The molecule has 5 rings (SSSR count). The van der Waals surface area contributed by atoms with E-state index in [9.17, 15) is 4.79 Å². The molecule has 1 aliphatic carbocycles. The first kappa shape index (κ1) is 17.0. The number of aromatic nitrogens is 1. The molecular weight excluding hydrogens is 340 g/mol. The van der Waals surface area contributed by atoms with Gasteiger partial charge in [0.05, 0.1) is 5.92 Å². The highest BCUT2D eigenvalue weighted by atomic mass is 16.4. The zero-order valence-electron chi connectivity index (χ0n) is 15.8.